The van der Waals surface area contributed by atoms with Crippen LogP contribution in [0.1, 0.15) is 27.6 Å². The van der Waals surface area contributed by atoms with Crippen molar-refractivity contribution in [3.05, 3.63) is 53.5 Å². The highest BCUT2D eigenvalue weighted by atomic mass is 19.4. The topological polar surface area (TPSA) is 94.6 Å². The molecule has 1 aromatic heterocycles. The van der Waals surface area contributed by atoms with Gasteiger partial charge in [-0.3, -0.25) is 9.59 Å². The average molecular weight is 414 g/mol. The summed E-state index contributed by atoms with van der Waals surface area (Å²) >= 11 is 0. The van der Waals surface area contributed by atoms with Gasteiger partial charge >= 0.3 is 12.1 Å². The van der Waals surface area contributed by atoms with E-state index >= 15 is 0 Å². The summed E-state index contributed by atoms with van der Waals surface area (Å²) in [6, 6.07) is 5.52. The Morgan fingerprint density at radius 2 is 1.86 bits per heavy atom. The van der Waals surface area contributed by atoms with Crippen LogP contribution in [0.5, 0.6) is 5.88 Å². The van der Waals surface area contributed by atoms with E-state index in [1.807, 2.05) is 0 Å². The van der Waals surface area contributed by atoms with Crippen molar-refractivity contribution >= 4 is 23.3 Å². The van der Waals surface area contributed by atoms with Gasteiger partial charge in [-0.1, -0.05) is 0 Å². The molecule has 0 spiro atoms. The highest BCUT2D eigenvalue weighted by molar-refractivity contribution is 6.00. The van der Waals surface area contributed by atoms with E-state index in [9.17, 15) is 31.9 Å². The Morgan fingerprint density at radius 1 is 1.14 bits per heavy atom. The minimum Gasteiger partial charge on any atom is -0.468 e. The van der Waals surface area contributed by atoms with E-state index in [1.165, 1.54) is 13.0 Å². The standard InChI is InChI=1S/C18H14F4N2O5/c1-10(25)24-12-3-4-13(14(19)6-12)15(26)8-28-17(27)11-2-5-16(23-7-11)29-9-18(20,21)22/h2-7H,8-9H2,1H3,(H,24,25). The number of pyridine rings is 1. The molecule has 0 radical (unpaired) electrons. The lowest BCUT2D eigenvalue weighted by molar-refractivity contribution is -0.154. The van der Waals surface area contributed by atoms with Gasteiger partial charge in [-0.05, 0) is 24.3 Å². The molecule has 2 rings (SSSR count). The number of benzene rings is 1. The minimum atomic E-state index is -4.53. The van der Waals surface area contributed by atoms with Crippen LogP contribution >= 0.6 is 0 Å². The molecule has 0 saturated heterocycles. The van der Waals surface area contributed by atoms with Crippen LogP contribution in [-0.2, 0) is 9.53 Å². The number of ketones is 1. The lowest BCUT2D eigenvalue weighted by Gasteiger charge is -2.09. The van der Waals surface area contributed by atoms with Crippen molar-refractivity contribution in [2.24, 2.45) is 0 Å². The van der Waals surface area contributed by atoms with E-state index in [-0.39, 0.29) is 22.7 Å². The number of hydrogen-bond donors (Lipinski definition) is 1. The first-order valence-corrected chi connectivity index (χ1v) is 7.98. The molecule has 1 amide bonds. The van der Waals surface area contributed by atoms with E-state index in [0.29, 0.717) is 0 Å². The number of alkyl halides is 3. The summed E-state index contributed by atoms with van der Waals surface area (Å²) < 4.78 is 59.3. The number of Topliss-reactive ketones (excluding diaryl/α,β-unsaturated/α-hetero) is 1. The SMILES string of the molecule is CC(=O)Nc1ccc(C(=O)COC(=O)c2ccc(OCC(F)(F)F)nc2)c(F)c1. The van der Waals surface area contributed by atoms with Gasteiger partial charge in [0.25, 0.3) is 0 Å². The Labute approximate surface area is 161 Å². The summed E-state index contributed by atoms with van der Waals surface area (Å²) in [5.41, 5.74) is -0.331. The maximum absolute atomic E-state index is 14.0. The van der Waals surface area contributed by atoms with Gasteiger partial charge in [-0.15, -0.1) is 0 Å². The summed E-state index contributed by atoms with van der Waals surface area (Å²) in [6.45, 7) is -1.08. The van der Waals surface area contributed by atoms with Gasteiger partial charge in [0.1, 0.15) is 5.82 Å². The molecule has 1 heterocycles. The largest absolute Gasteiger partial charge is 0.468 e. The lowest BCUT2D eigenvalue weighted by atomic mass is 10.1. The second-order valence-electron chi connectivity index (χ2n) is 5.66. The van der Waals surface area contributed by atoms with Crippen LogP contribution in [-0.4, -0.2) is 42.0 Å². The number of nitrogens with one attached hydrogen (secondary N) is 1. The Morgan fingerprint density at radius 3 is 2.41 bits per heavy atom. The zero-order chi connectivity index (χ0) is 21.6. The predicted molar refractivity (Wildman–Crippen MR) is 91.1 cm³/mol. The number of carbonyl (C=O) groups excluding carboxylic acids is 3. The highest BCUT2D eigenvalue weighted by Crippen LogP contribution is 2.18. The van der Waals surface area contributed by atoms with Crippen LogP contribution in [0.15, 0.2) is 36.5 Å². The lowest BCUT2D eigenvalue weighted by Crippen LogP contribution is -2.19. The molecule has 0 aliphatic carbocycles. The van der Waals surface area contributed by atoms with Crippen molar-refractivity contribution < 1.29 is 41.4 Å². The predicted octanol–water partition coefficient (Wildman–Crippen LogP) is 3.16. The van der Waals surface area contributed by atoms with Crippen LogP contribution in [0, 0.1) is 5.82 Å². The normalized spacial score (nSPS) is 10.9. The van der Waals surface area contributed by atoms with Gasteiger partial charge in [-0.2, -0.15) is 13.2 Å². The zero-order valence-electron chi connectivity index (χ0n) is 14.9. The molecular weight excluding hydrogens is 400 g/mol. The maximum atomic E-state index is 14.0. The molecule has 0 atom stereocenters. The number of nitrogens with zero attached hydrogens (tertiary/aromatic N) is 1. The first-order chi connectivity index (χ1) is 13.5. The molecule has 0 bridgehead atoms. The van der Waals surface area contributed by atoms with Gasteiger partial charge in [0.2, 0.25) is 17.6 Å². The zero-order valence-corrected chi connectivity index (χ0v) is 14.9. The summed E-state index contributed by atoms with van der Waals surface area (Å²) in [6.07, 6.45) is -3.61. The number of aromatic nitrogens is 1. The number of esters is 1. The number of anilines is 1. The maximum Gasteiger partial charge on any atom is 0.422 e. The Bertz CT molecular complexity index is 913. The molecule has 0 aliphatic rings. The quantitative estimate of drug-likeness (QED) is 0.425. The number of ether oxygens (including phenoxy) is 2. The van der Waals surface area contributed by atoms with Crippen LogP contribution in [0.25, 0.3) is 0 Å². The molecule has 7 nitrogen and oxygen atoms in total. The van der Waals surface area contributed by atoms with Crippen molar-refractivity contribution in [2.75, 3.05) is 18.5 Å². The molecule has 29 heavy (non-hydrogen) atoms. The van der Waals surface area contributed by atoms with Crippen LogP contribution in [0.3, 0.4) is 0 Å². The van der Waals surface area contributed by atoms with Crippen LogP contribution in [0.2, 0.25) is 0 Å². The van der Waals surface area contributed by atoms with Crippen molar-refractivity contribution in [1.82, 2.24) is 4.98 Å². The van der Waals surface area contributed by atoms with Crippen molar-refractivity contribution in [2.45, 2.75) is 13.1 Å². The molecule has 0 unspecified atom stereocenters. The fourth-order valence-electron chi connectivity index (χ4n) is 2.06. The Balaban J connectivity index is 1.93. The van der Waals surface area contributed by atoms with Gasteiger partial charge in [-0.25, -0.2) is 14.2 Å². The van der Waals surface area contributed by atoms with Crippen molar-refractivity contribution in [3.63, 3.8) is 0 Å². The first-order valence-electron chi connectivity index (χ1n) is 7.98. The smallest absolute Gasteiger partial charge is 0.422 e. The van der Waals surface area contributed by atoms with E-state index in [1.54, 1.807) is 0 Å². The third-order valence-electron chi connectivity index (χ3n) is 3.28. The van der Waals surface area contributed by atoms with Crippen LogP contribution in [0.4, 0.5) is 23.2 Å². The number of carbonyl (C=O) groups is 3. The van der Waals surface area contributed by atoms with Crippen molar-refractivity contribution in [3.8, 4) is 5.88 Å². The monoisotopic (exact) mass is 414 g/mol. The molecule has 0 fully saturated rings. The third-order valence-corrected chi connectivity index (χ3v) is 3.28. The fourth-order valence-corrected chi connectivity index (χ4v) is 2.06. The molecule has 0 saturated carbocycles. The van der Waals surface area contributed by atoms with Crippen molar-refractivity contribution in [1.29, 1.82) is 0 Å². The van der Waals surface area contributed by atoms with Gasteiger partial charge in [0.15, 0.2) is 13.2 Å². The number of halogens is 4. The summed E-state index contributed by atoms with van der Waals surface area (Å²) in [7, 11) is 0. The van der Waals surface area contributed by atoms with E-state index < -0.39 is 42.9 Å². The molecular formula is C18H14F4N2O5. The minimum absolute atomic E-state index is 0.140. The molecule has 11 heteroatoms. The summed E-state index contributed by atoms with van der Waals surface area (Å²) in [4.78, 5) is 38.4. The van der Waals surface area contributed by atoms with E-state index in [4.69, 9.17) is 4.74 Å². The summed E-state index contributed by atoms with van der Waals surface area (Å²) in [5, 5.41) is 2.35. The van der Waals surface area contributed by atoms with E-state index in [2.05, 4.69) is 15.0 Å². The second-order valence-corrected chi connectivity index (χ2v) is 5.66. The number of amides is 1. The molecule has 0 aliphatic heterocycles. The average Bonchev–Trinajstić information content (AvgIpc) is 2.63. The Hall–Kier alpha value is -3.50. The van der Waals surface area contributed by atoms with E-state index in [0.717, 1.165) is 30.5 Å². The fraction of sp³-hybridized carbons (Fsp3) is 0.222. The first kappa shape index (κ1) is 21.8. The van der Waals surface area contributed by atoms with Gasteiger partial charge in [0.05, 0.1) is 11.1 Å². The second kappa shape index (κ2) is 9.13. The highest BCUT2D eigenvalue weighted by Gasteiger charge is 2.28. The number of hydrogen-bond acceptors (Lipinski definition) is 6. The number of rotatable bonds is 7. The molecule has 1 aromatic carbocycles. The van der Waals surface area contributed by atoms with Gasteiger partial charge < -0.3 is 14.8 Å². The van der Waals surface area contributed by atoms with Crippen LogP contribution < -0.4 is 10.1 Å². The summed E-state index contributed by atoms with van der Waals surface area (Å²) in [5.74, 6) is -3.49. The van der Waals surface area contributed by atoms with Gasteiger partial charge in [0, 0.05) is 24.9 Å². The Kier molecular flexibility index (Phi) is 6.86. The third kappa shape index (κ3) is 6.87. The molecule has 154 valence electrons. The molecule has 1 N–H and O–H groups in total. The molecule has 2 aromatic rings.